The molecule has 1 aliphatic rings. The summed E-state index contributed by atoms with van der Waals surface area (Å²) in [5.41, 5.74) is 5.69. The van der Waals surface area contributed by atoms with Crippen LogP contribution in [0.2, 0.25) is 0 Å². The first-order chi connectivity index (χ1) is 7.16. The van der Waals surface area contributed by atoms with Crippen LogP contribution in [0.5, 0.6) is 0 Å². The van der Waals surface area contributed by atoms with Gasteiger partial charge in [-0.15, -0.1) is 0 Å². The number of nitrogens with zero attached hydrogens (tertiary/aromatic N) is 1. The van der Waals surface area contributed by atoms with Gasteiger partial charge >= 0.3 is 0 Å². The van der Waals surface area contributed by atoms with E-state index in [4.69, 9.17) is 0 Å². The number of pyridine rings is 1. The van der Waals surface area contributed by atoms with E-state index >= 15 is 0 Å². The van der Waals surface area contributed by atoms with Crippen molar-refractivity contribution in [3.05, 3.63) is 33.7 Å². The molecule has 0 bridgehead atoms. The van der Waals surface area contributed by atoms with Crippen LogP contribution in [0.25, 0.3) is 0 Å². The summed E-state index contributed by atoms with van der Waals surface area (Å²) < 4.78 is 0. The van der Waals surface area contributed by atoms with Crippen LogP contribution in [-0.4, -0.2) is 24.1 Å². The first-order valence-electron chi connectivity index (χ1n) is 5.32. The summed E-state index contributed by atoms with van der Waals surface area (Å²) >= 11 is 0. The maximum atomic E-state index is 11.2. The van der Waals surface area contributed by atoms with Crippen LogP contribution in [0.1, 0.15) is 30.1 Å². The van der Waals surface area contributed by atoms with E-state index in [1.807, 2.05) is 25.2 Å². The van der Waals surface area contributed by atoms with Gasteiger partial charge in [-0.05, 0) is 24.8 Å². The molecule has 1 aromatic heterocycles. The SMILES string of the molecule is CN(C)NC1CCCc2[nH]c(=O)ccc21. The molecule has 1 heterocycles. The maximum Gasteiger partial charge on any atom is 0.248 e. The second kappa shape index (κ2) is 4.16. The van der Waals surface area contributed by atoms with Gasteiger partial charge in [0.2, 0.25) is 5.56 Å². The Balaban J connectivity index is 2.30. The van der Waals surface area contributed by atoms with Crippen molar-refractivity contribution in [1.29, 1.82) is 0 Å². The molecular formula is C11H17N3O. The Kier molecular flexibility index (Phi) is 2.88. The third-order valence-electron chi connectivity index (χ3n) is 2.75. The quantitative estimate of drug-likeness (QED) is 0.706. The molecule has 2 rings (SSSR count). The summed E-state index contributed by atoms with van der Waals surface area (Å²) in [4.78, 5) is 14.1. The largest absolute Gasteiger partial charge is 0.326 e. The van der Waals surface area contributed by atoms with Gasteiger partial charge in [0.15, 0.2) is 0 Å². The standard InChI is InChI=1S/C11H17N3O/c1-14(2)13-10-5-3-4-9-8(10)6-7-11(15)12-9/h6-7,10,13H,3-5H2,1-2H3,(H,12,15). The predicted molar refractivity (Wildman–Crippen MR) is 59.6 cm³/mol. The van der Waals surface area contributed by atoms with Crippen LogP contribution in [0.4, 0.5) is 0 Å². The number of hydrogen-bond acceptors (Lipinski definition) is 3. The number of aryl methyl sites for hydroxylation is 1. The van der Waals surface area contributed by atoms with E-state index in [1.165, 1.54) is 5.56 Å². The van der Waals surface area contributed by atoms with E-state index in [0.29, 0.717) is 6.04 Å². The van der Waals surface area contributed by atoms with Gasteiger partial charge in [0.1, 0.15) is 0 Å². The fourth-order valence-corrected chi connectivity index (χ4v) is 2.15. The van der Waals surface area contributed by atoms with E-state index in [-0.39, 0.29) is 5.56 Å². The second-order valence-electron chi connectivity index (χ2n) is 4.22. The Morgan fingerprint density at radius 1 is 1.47 bits per heavy atom. The molecule has 0 amide bonds. The zero-order chi connectivity index (χ0) is 10.8. The minimum absolute atomic E-state index is 0.000692. The molecule has 15 heavy (non-hydrogen) atoms. The molecule has 4 heteroatoms. The van der Waals surface area contributed by atoms with Crippen LogP contribution in [0.15, 0.2) is 16.9 Å². The first kappa shape index (κ1) is 10.4. The lowest BCUT2D eigenvalue weighted by atomic mass is 9.92. The zero-order valence-electron chi connectivity index (χ0n) is 9.21. The van der Waals surface area contributed by atoms with E-state index in [1.54, 1.807) is 6.07 Å². The van der Waals surface area contributed by atoms with Crippen molar-refractivity contribution in [2.45, 2.75) is 25.3 Å². The normalized spacial score (nSPS) is 20.3. The minimum atomic E-state index is -0.000692. The molecule has 0 fully saturated rings. The predicted octanol–water partition coefficient (Wildman–Crippen LogP) is 0.818. The maximum absolute atomic E-state index is 11.2. The van der Waals surface area contributed by atoms with Gasteiger partial charge in [-0.3, -0.25) is 9.80 Å². The molecule has 0 saturated heterocycles. The number of hydrazine groups is 1. The lowest BCUT2D eigenvalue weighted by Crippen LogP contribution is -2.36. The zero-order valence-corrected chi connectivity index (χ0v) is 9.21. The summed E-state index contributed by atoms with van der Waals surface area (Å²) in [6, 6.07) is 3.88. The van der Waals surface area contributed by atoms with Gasteiger partial charge in [0.05, 0.1) is 0 Å². The van der Waals surface area contributed by atoms with E-state index in [2.05, 4.69) is 10.4 Å². The molecule has 1 unspecified atom stereocenters. The summed E-state index contributed by atoms with van der Waals surface area (Å²) in [6.07, 6.45) is 3.23. The average Bonchev–Trinajstić information content (AvgIpc) is 2.16. The Bertz CT molecular complexity index is 397. The van der Waals surface area contributed by atoms with Gasteiger partial charge < -0.3 is 4.98 Å². The Morgan fingerprint density at radius 2 is 2.27 bits per heavy atom. The van der Waals surface area contributed by atoms with E-state index in [0.717, 1.165) is 25.0 Å². The highest BCUT2D eigenvalue weighted by molar-refractivity contribution is 5.25. The van der Waals surface area contributed by atoms with Crippen molar-refractivity contribution in [2.75, 3.05) is 14.1 Å². The number of nitrogens with one attached hydrogen (secondary N) is 2. The lowest BCUT2D eigenvalue weighted by Gasteiger charge is -2.28. The number of H-pyrrole nitrogens is 1. The number of hydrogen-bond donors (Lipinski definition) is 2. The van der Waals surface area contributed by atoms with Crippen molar-refractivity contribution in [3.63, 3.8) is 0 Å². The molecule has 0 saturated carbocycles. The Hall–Kier alpha value is -1.13. The second-order valence-corrected chi connectivity index (χ2v) is 4.22. The highest BCUT2D eigenvalue weighted by atomic mass is 16.1. The van der Waals surface area contributed by atoms with Crippen LogP contribution < -0.4 is 11.0 Å². The van der Waals surface area contributed by atoms with Crippen molar-refractivity contribution < 1.29 is 0 Å². The smallest absolute Gasteiger partial charge is 0.248 e. The number of aromatic amines is 1. The Morgan fingerprint density at radius 3 is 3.00 bits per heavy atom. The van der Waals surface area contributed by atoms with Crippen molar-refractivity contribution in [2.24, 2.45) is 0 Å². The third-order valence-corrected chi connectivity index (χ3v) is 2.75. The number of aromatic nitrogens is 1. The fourth-order valence-electron chi connectivity index (χ4n) is 2.15. The van der Waals surface area contributed by atoms with Gasteiger partial charge in [-0.1, -0.05) is 6.07 Å². The summed E-state index contributed by atoms with van der Waals surface area (Å²) in [7, 11) is 3.97. The highest BCUT2D eigenvalue weighted by Gasteiger charge is 2.20. The van der Waals surface area contributed by atoms with Crippen molar-refractivity contribution >= 4 is 0 Å². The first-order valence-corrected chi connectivity index (χ1v) is 5.32. The highest BCUT2D eigenvalue weighted by Crippen LogP contribution is 2.27. The molecule has 1 aliphatic carbocycles. The topological polar surface area (TPSA) is 48.1 Å². The van der Waals surface area contributed by atoms with E-state index < -0.39 is 0 Å². The van der Waals surface area contributed by atoms with Gasteiger partial charge in [-0.25, -0.2) is 5.43 Å². The van der Waals surface area contributed by atoms with Crippen LogP contribution in [0, 0.1) is 0 Å². The van der Waals surface area contributed by atoms with Crippen LogP contribution in [0.3, 0.4) is 0 Å². The lowest BCUT2D eigenvalue weighted by molar-refractivity contribution is 0.227. The average molecular weight is 207 g/mol. The summed E-state index contributed by atoms with van der Waals surface area (Å²) in [6.45, 7) is 0. The molecule has 4 nitrogen and oxygen atoms in total. The minimum Gasteiger partial charge on any atom is -0.326 e. The molecular weight excluding hydrogens is 190 g/mol. The molecule has 2 N–H and O–H groups in total. The van der Waals surface area contributed by atoms with Crippen LogP contribution in [-0.2, 0) is 6.42 Å². The molecule has 1 aromatic rings. The summed E-state index contributed by atoms with van der Waals surface area (Å²) in [5.74, 6) is 0. The molecule has 1 atom stereocenters. The van der Waals surface area contributed by atoms with Gasteiger partial charge in [0.25, 0.3) is 0 Å². The molecule has 0 radical (unpaired) electrons. The fraction of sp³-hybridized carbons (Fsp3) is 0.545. The van der Waals surface area contributed by atoms with Crippen LogP contribution >= 0.6 is 0 Å². The monoisotopic (exact) mass is 207 g/mol. The van der Waals surface area contributed by atoms with Crippen molar-refractivity contribution in [3.8, 4) is 0 Å². The molecule has 0 aromatic carbocycles. The third kappa shape index (κ3) is 2.27. The van der Waals surface area contributed by atoms with E-state index in [9.17, 15) is 4.79 Å². The molecule has 0 spiro atoms. The molecule has 0 aliphatic heterocycles. The van der Waals surface area contributed by atoms with Gasteiger partial charge in [-0.2, -0.15) is 0 Å². The number of rotatable bonds is 2. The summed E-state index contributed by atoms with van der Waals surface area (Å²) in [5, 5.41) is 1.96. The Labute approximate surface area is 89.3 Å². The number of fused-ring (bicyclic) bond motifs is 1. The van der Waals surface area contributed by atoms with Gasteiger partial charge in [0, 0.05) is 31.9 Å². The van der Waals surface area contributed by atoms with Crippen molar-refractivity contribution in [1.82, 2.24) is 15.4 Å². The molecule has 82 valence electrons.